The van der Waals surface area contributed by atoms with Crippen LogP contribution in [0.3, 0.4) is 0 Å². The Morgan fingerprint density at radius 1 is 1.12 bits per heavy atom. The monoisotopic (exact) mass is 471 g/mol. The van der Waals surface area contributed by atoms with Crippen molar-refractivity contribution >= 4 is 55.9 Å². The molecule has 8 heteroatoms. The summed E-state index contributed by atoms with van der Waals surface area (Å²) in [7, 11) is 0. The van der Waals surface area contributed by atoms with Gasteiger partial charge in [0.15, 0.2) is 5.13 Å². The van der Waals surface area contributed by atoms with Gasteiger partial charge in [-0.3, -0.25) is 9.59 Å². The molecule has 1 aromatic heterocycles. The molecule has 0 aliphatic heterocycles. The van der Waals surface area contributed by atoms with E-state index in [1.54, 1.807) is 0 Å². The minimum atomic E-state index is -0.271. The number of amides is 2. The predicted octanol–water partition coefficient (Wildman–Crippen LogP) is 6.33. The highest BCUT2D eigenvalue weighted by Crippen LogP contribution is 2.32. The molecule has 3 aromatic rings. The normalized spacial score (nSPS) is 11.8. The van der Waals surface area contributed by atoms with Crippen molar-refractivity contribution in [2.45, 2.75) is 56.6 Å². The number of rotatable bonds is 11. The average Bonchev–Trinajstić information content (AvgIpc) is 3.18. The van der Waals surface area contributed by atoms with Crippen LogP contribution in [0.4, 0.5) is 10.8 Å². The number of benzene rings is 2. The standard InChI is InChI=1S/C24H29N3O3S2/c1-4-7-11-22(28)25-16-9-8-10-18(14-16)31-20(5-2)23(29)27-24-26-19-13-12-17(30-6-3)15-21(19)32-24/h8-10,12-15,20H,4-7,11H2,1-3H3,(H,25,28)(H,26,27,29). The number of thioether (sulfide) groups is 1. The van der Waals surface area contributed by atoms with Crippen molar-refractivity contribution in [1.82, 2.24) is 4.98 Å². The second kappa shape index (κ2) is 11.9. The van der Waals surface area contributed by atoms with Crippen LogP contribution in [-0.4, -0.2) is 28.7 Å². The summed E-state index contributed by atoms with van der Waals surface area (Å²) in [6.45, 7) is 6.60. The maximum absolute atomic E-state index is 12.9. The maximum atomic E-state index is 12.9. The lowest BCUT2D eigenvalue weighted by molar-refractivity contribution is -0.116. The number of carbonyl (C=O) groups excluding carboxylic acids is 2. The first-order valence-electron chi connectivity index (χ1n) is 10.9. The highest BCUT2D eigenvalue weighted by atomic mass is 32.2. The minimum Gasteiger partial charge on any atom is -0.494 e. The zero-order valence-corrected chi connectivity index (χ0v) is 20.3. The molecule has 2 amide bonds. The summed E-state index contributed by atoms with van der Waals surface area (Å²) >= 11 is 2.92. The van der Waals surface area contributed by atoms with Gasteiger partial charge in [0.05, 0.1) is 22.1 Å². The number of aromatic nitrogens is 1. The predicted molar refractivity (Wildman–Crippen MR) is 134 cm³/mol. The van der Waals surface area contributed by atoms with E-state index in [1.165, 1.54) is 23.1 Å². The number of anilines is 2. The summed E-state index contributed by atoms with van der Waals surface area (Å²) in [4.78, 5) is 30.4. The Morgan fingerprint density at radius 3 is 2.72 bits per heavy atom. The molecule has 32 heavy (non-hydrogen) atoms. The molecular formula is C24H29N3O3S2. The molecule has 1 heterocycles. The Kier molecular flexibility index (Phi) is 8.93. The second-order valence-electron chi connectivity index (χ2n) is 7.27. The number of nitrogens with one attached hydrogen (secondary N) is 2. The Balaban J connectivity index is 1.64. The molecular weight excluding hydrogens is 442 g/mol. The average molecular weight is 472 g/mol. The zero-order valence-electron chi connectivity index (χ0n) is 18.6. The fourth-order valence-electron chi connectivity index (χ4n) is 3.10. The molecule has 0 radical (unpaired) electrons. The molecule has 0 spiro atoms. The van der Waals surface area contributed by atoms with Crippen LogP contribution in [0.2, 0.25) is 0 Å². The van der Waals surface area contributed by atoms with Crippen LogP contribution in [-0.2, 0) is 9.59 Å². The Bertz CT molecular complexity index is 1070. The molecule has 0 aliphatic rings. The molecule has 6 nitrogen and oxygen atoms in total. The number of nitrogens with zero attached hydrogens (tertiary/aromatic N) is 1. The highest BCUT2D eigenvalue weighted by molar-refractivity contribution is 8.00. The van der Waals surface area contributed by atoms with Gasteiger partial charge in [-0.2, -0.15) is 0 Å². The molecule has 1 unspecified atom stereocenters. The molecule has 2 N–H and O–H groups in total. The van der Waals surface area contributed by atoms with E-state index in [0.29, 0.717) is 24.6 Å². The van der Waals surface area contributed by atoms with Gasteiger partial charge in [0.2, 0.25) is 11.8 Å². The van der Waals surface area contributed by atoms with Crippen LogP contribution in [0, 0.1) is 0 Å². The third kappa shape index (κ3) is 6.71. The summed E-state index contributed by atoms with van der Waals surface area (Å²) in [5, 5.41) is 6.20. The topological polar surface area (TPSA) is 80.3 Å². The number of fused-ring (bicyclic) bond motifs is 1. The largest absolute Gasteiger partial charge is 0.494 e. The van der Waals surface area contributed by atoms with Crippen molar-refractivity contribution in [2.75, 3.05) is 17.2 Å². The second-order valence-corrected chi connectivity index (χ2v) is 9.57. The number of hydrogen-bond donors (Lipinski definition) is 2. The van der Waals surface area contributed by atoms with E-state index < -0.39 is 0 Å². The SMILES string of the molecule is CCCCC(=O)Nc1cccc(SC(CC)C(=O)Nc2nc3ccc(OCC)cc3s2)c1. The lowest BCUT2D eigenvalue weighted by atomic mass is 10.2. The third-order valence-electron chi connectivity index (χ3n) is 4.72. The van der Waals surface area contributed by atoms with Crippen molar-refractivity contribution in [3.63, 3.8) is 0 Å². The molecule has 0 bridgehead atoms. The molecule has 3 rings (SSSR count). The van der Waals surface area contributed by atoms with Crippen LogP contribution in [0.25, 0.3) is 10.2 Å². The smallest absolute Gasteiger partial charge is 0.239 e. The van der Waals surface area contributed by atoms with Crippen LogP contribution >= 0.6 is 23.1 Å². The molecule has 2 aromatic carbocycles. The van der Waals surface area contributed by atoms with E-state index in [-0.39, 0.29) is 17.1 Å². The van der Waals surface area contributed by atoms with Crippen LogP contribution in [0.15, 0.2) is 47.4 Å². The van der Waals surface area contributed by atoms with Gasteiger partial charge in [-0.25, -0.2) is 4.98 Å². The Labute approximate surface area is 197 Å². The first-order valence-corrected chi connectivity index (χ1v) is 12.6. The lowest BCUT2D eigenvalue weighted by Crippen LogP contribution is -2.24. The summed E-state index contributed by atoms with van der Waals surface area (Å²) in [5.74, 6) is 0.728. The molecule has 0 saturated heterocycles. The van der Waals surface area contributed by atoms with Gasteiger partial charge >= 0.3 is 0 Å². The third-order valence-corrected chi connectivity index (χ3v) is 7.01. The van der Waals surface area contributed by atoms with Crippen LogP contribution < -0.4 is 15.4 Å². The molecule has 0 aliphatic carbocycles. The van der Waals surface area contributed by atoms with Crippen molar-refractivity contribution in [3.8, 4) is 5.75 Å². The van der Waals surface area contributed by atoms with E-state index in [2.05, 4.69) is 22.5 Å². The lowest BCUT2D eigenvalue weighted by Gasteiger charge is -2.14. The number of carbonyl (C=O) groups is 2. The van der Waals surface area contributed by atoms with Crippen molar-refractivity contribution < 1.29 is 14.3 Å². The quantitative estimate of drug-likeness (QED) is 0.319. The van der Waals surface area contributed by atoms with E-state index in [1.807, 2.05) is 56.3 Å². The van der Waals surface area contributed by atoms with Gasteiger partial charge in [-0.1, -0.05) is 37.7 Å². The minimum absolute atomic E-state index is 0.0158. The molecule has 1 atom stereocenters. The van der Waals surface area contributed by atoms with Crippen LogP contribution in [0.1, 0.15) is 46.5 Å². The van der Waals surface area contributed by atoms with E-state index in [0.717, 1.165) is 39.4 Å². The molecule has 170 valence electrons. The number of unbranched alkanes of at least 4 members (excludes halogenated alkanes) is 1. The first-order chi connectivity index (χ1) is 15.5. The Hall–Kier alpha value is -2.58. The van der Waals surface area contributed by atoms with Crippen molar-refractivity contribution in [2.24, 2.45) is 0 Å². The fourth-order valence-corrected chi connectivity index (χ4v) is 5.01. The number of hydrogen-bond acceptors (Lipinski definition) is 6. The van der Waals surface area contributed by atoms with Gasteiger partial charge in [0, 0.05) is 17.0 Å². The highest BCUT2D eigenvalue weighted by Gasteiger charge is 2.20. The number of thiazole rings is 1. The van der Waals surface area contributed by atoms with Crippen LogP contribution in [0.5, 0.6) is 5.75 Å². The van der Waals surface area contributed by atoms with Crippen molar-refractivity contribution in [3.05, 3.63) is 42.5 Å². The van der Waals surface area contributed by atoms with Gasteiger partial charge < -0.3 is 15.4 Å². The fraction of sp³-hybridized carbons (Fsp3) is 0.375. The van der Waals surface area contributed by atoms with Gasteiger partial charge in [0.25, 0.3) is 0 Å². The van der Waals surface area contributed by atoms with Gasteiger partial charge in [-0.05, 0) is 56.2 Å². The molecule has 0 saturated carbocycles. The Morgan fingerprint density at radius 2 is 1.97 bits per heavy atom. The van der Waals surface area contributed by atoms with Gasteiger partial charge in [-0.15, -0.1) is 11.8 Å². The number of ether oxygens (including phenoxy) is 1. The first kappa shape index (κ1) is 24.1. The van der Waals surface area contributed by atoms with E-state index in [4.69, 9.17) is 4.74 Å². The van der Waals surface area contributed by atoms with E-state index in [9.17, 15) is 9.59 Å². The van der Waals surface area contributed by atoms with Crippen molar-refractivity contribution in [1.29, 1.82) is 0 Å². The van der Waals surface area contributed by atoms with Gasteiger partial charge in [0.1, 0.15) is 5.75 Å². The summed E-state index contributed by atoms with van der Waals surface area (Å²) in [6, 6.07) is 13.4. The maximum Gasteiger partial charge on any atom is 0.239 e. The summed E-state index contributed by atoms with van der Waals surface area (Å²) < 4.78 is 6.51. The molecule has 0 fully saturated rings. The summed E-state index contributed by atoms with van der Waals surface area (Å²) in [6.07, 6.45) is 3.04. The zero-order chi connectivity index (χ0) is 22.9. The van der Waals surface area contributed by atoms with E-state index >= 15 is 0 Å². The summed E-state index contributed by atoms with van der Waals surface area (Å²) in [5.41, 5.74) is 1.59.